The molecule has 0 spiro atoms. The Kier molecular flexibility index (Phi) is 4.27. The van der Waals surface area contributed by atoms with Crippen molar-refractivity contribution in [3.63, 3.8) is 0 Å². The molecule has 0 saturated carbocycles. The molecule has 1 aromatic heterocycles. The smallest absolute Gasteiger partial charge is 0.371 e. The first-order valence-electron chi connectivity index (χ1n) is 4.86. The topological polar surface area (TPSA) is 109 Å². The van der Waals surface area contributed by atoms with Crippen molar-refractivity contribution in [3.8, 4) is 0 Å². The number of carboxylic acid groups (broad SMARTS) is 1. The predicted molar refractivity (Wildman–Crippen MR) is 56.7 cm³/mol. The summed E-state index contributed by atoms with van der Waals surface area (Å²) in [6, 6.07) is 2.45. The van der Waals surface area contributed by atoms with Gasteiger partial charge in [0.1, 0.15) is 0 Å². The Hall–Kier alpha value is -2.31. The van der Waals surface area contributed by atoms with Gasteiger partial charge in [-0.1, -0.05) is 0 Å². The molecule has 17 heavy (non-hydrogen) atoms. The van der Waals surface area contributed by atoms with E-state index < -0.39 is 11.9 Å². The van der Waals surface area contributed by atoms with Crippen molar-refractivity contribution in [2.24, 2.45) is 0 Å². The number of nitrogens with one attached hydrogen (secondary N) is 2. The Morgan fingerprint density at radius 1 is 1.29 bits per heavy atom. The van der Waals surface area contributed by atoms with Crippen LogP contribution < -0.4 is 10.6 Å². The van der Waals surface area contributed by atoms with E-state index in [1.165, 1.54) is 19.2 Å². The first kappa shape index (κ1) is 12.8. The SMILES string of the molecule is CNC(=O)CCNC(=O)c1ccc(C(=O)O)o1. The van der Waals surface area contributed by atoms with Crippen LogP contribution in [0.25, 0.3) is 0 Å². The van der Waals surface area contributed by atoms with Gasteiger partial charge in [-0.3, -0.25) is 9.59 Å². The monoisotopic (exact) mass is 240 g/mol. The third-order valence-corrected chi connectivity index (χ3v) is 1.96. The lowest BCUT2D eigenvalue weighted by atomic mass is 10.3. The molecule has 0 aliphatic rings. The lowest BCUT2D eigenvalue weighted by Gasteiger charge is -2.01. The van der Waals surface area contributed by atoms with Crippen molar-refractivity contribution in [2.45, 2.75) is 6.42 Å². The molecule has 2 amide bonds. The Balaban J connectivity index is 2.47. The van der Waals surface area contributed by atoms with Crippen LogP contribution in [0.4, 0.5) is 0 Å². The van der Waals surface area contributed by atoms with Gasteiger partial charge in [0.2, 0.25) is 11.7 Å². The van der Waals surface area contributed by atoms with Crippen LogP contribution >= 0.6 is 0 Å². The quantitative estimate of drug-likeness (QED) is 0.662. The number of aromatic carboxylic acids is 1. The number of carbonyl (C=O) groups is 3. The molecule has 7 heteroatoms. The molecule has 1 aromatic rings. The van der Waals surface area contributed by atoms with E-state index in [4.69, 9.17) is 9.52 Å². The number of carbonyl (C=O) groups excluding carboxylic acids is 2. The van der Waals surface area contributed by atoms with Crippen LogP contribution in [-0.2, 0) is 4.79 Å². The Morgan fingerprint density at radius 2 is 1.94 bits per heavy atom. The summed E-state index contributed by atoms with van der Waals surface area (Å²) in [5.74, 6) is -2.40. The summed E-state index contributed by atoms with van der Waals surface area (Å²) in [6.45, 7) is 0.154. The Labute approximate surface area is 96.8 Å². The largest absolute Gasteiger partial charge is 0.475 e. The average Bonchev–Trinajstić information content (AvgIpc) is 2.78. The van der Waals surface area contributed by atoms with Gasteiger partial charge in [0.25, 0.3) is 5.91 Å². The molecule has 0 unspecified atom stereocenters. The standard InChI is InChI=1S/C10H12N2O5/c1-11-8(13)4-5-12-9(14)6-2-3-7(17-6)10(15)16/h2-3H,4-5H2,1H3,(H,11,13)(H,12,14)(H,15,16). The highest BCUT2D eigenvalue weighted by molar-refractivity contribution is 5.93. The van der Waals surface area contributed by atoms with Crippen LogP contribution in [0.5, 0.6) is 0 Å². The van der Waals surface area contributed by atoms with Crippen molar-refractivity contribution >= 4 is 17.8 Å². The molecule has 1 heterocycles. The van der Waals surface area contributed by atoms with E-state index in [9.17, 15) is 14.4 Å². The number of hydrogen-bond acceptors (Lipinski definition) is 4. The highest BCUT2D eigenvalue weighted by Crippen LogP contribution is 2.07. The third kappa shape index (κ3) is 3.63. The molecule has 1 rings (SSSR count). The lowest BCUT2D eigenvalue weighted by molar-refractivity contribution is -0.120. The molecule has 0 radical (unpaired) electrons. The molecule has 0 aromatic carbocycles. The number of carboxylic acids is 1. The molecule has 0 aliphatic heterocycles. The van der Waals surface area contributed by atoms with Crippen molar-refractivity contribution in [3.05, 3.63) is 23.7 Å². The summed E-state index contributed by atoms with van der Waals surface area (Å²) in [5, 5.41) is 13.4. The maximum Gasteiger partial charge on any atom is 0.371 e. The molecule has 0 atom stereocenters. The van der Waals surface area contributed by atoms with Gasteiger partial charge >= 0.3 is 5.97 Å². The van der Waals surface area contributed by atoms with Gasteiger partial charge in [-0.25, -0.2) is 4.79 Å². The van der Waals surface area contributed by atoms with Gasteiger partial charge in [0.15, 0.2) is 5.76 Å². The minimum Gasteiger partial charge on any atom is -0.475 e. The normalized spacial score (nSPS) is 9.71. The fourth-order valence-corrected chi connectivity index (χ4v) is 1.08. The summed E-state index contributed by atoms with van der Waals surface area (Å²) in [6.07, 6.45) is 0.148. The zero-order chi connectivity index (χ0) is 12.8. The highest BCUT2D eigenvalue weighted by Gasteiger charge is 2.14. The first-order valence-corrected chi connectivity index (χ1v) is 4.86. The predicted octanol–water partition coefficient (Wildman–Crippen LogP) is -0.156. The van der Waals surface area contributed by atoms with Gasteiger partial charge in [-0.05, 0) is 12.1 Å². The summed E-state index contributed by atoms with van der Waals surface area (Å²) in [5.41, 5.74) is 0. The molecular formula is C10H12N2O5. The second-order valence-electron chi connectivity index (χ2n) is 3.15. The Bertz CT molecular complexity index is 438. The Morgan fingerprint density at radius 3 is 2.47 bits per heavy atom. The van der Waals surface area contributed by atoms with Crippen molar-refractivity contribution < 1.29 is 23.9 Å². The van der Waals surface area contributed by atoms with Crippen LogP contribution in [0.1, 0.15) is 27.5 Å². The molecule has 3 N–H and O–H groups in total. The molecular weight excluding hydrogens is 228 g/mol. The number of rotatable bonds is 5. The van der Waals surface area contributed by atoms with Crippen LogP contribution in [0.15, 0.2) is 16.5 Å². The van der Waals surface area contributed by atoms with Crippen LogP contribution in [0.3, 0.4) is 0 Å². The zero-order valence-corrected chi connectivity index (χ0v) is 9.15. The first-order chi connectivity index (χ1) is 8.04. The van der Waals surface area contributed by atoms with Crippen molar-refractivity contribution in [1.82, 2.24) is 10.6 Å². The van der Waals surface area contributed by atoms with Crippen LogP contribution in [0.2, 0.25) is 0 Å². The van der Waals surface area contributed by atoms with Crippen LogP contribution in [0, 0.1) is 0 Å². The average molecular weight is 240 g/mol. The second-order valence-corrected chi connectivity index (χ2v) is 3.15. The molecule has 7 nitrogen and oxygen atoms in total. The zero-order valence-electron chi connectivity index (χ0n) is 9.15. The van der Waals surface area contributed by atoms with Gasteiger partial charge in [0, 0.05) is 20.0 Å². The van der Waals surface area contributed by atoms with E-state index in [1.54, 1.807) is 0 Å². The number of furan rings is 1. The summed E-state index contributed by atoms with van der Waals surface area (Å²) >= 11 is 0. The van der Waals surface area contributed by atoms with Crippen LogP contribution in [-0.4, -0.2) is 36.5 Å². The summed E-state index contributed by atoms with van der Waals surface area (Å²) < 4.78 is 4.78. The highest BCUT2D eigenvalue weighted by atomic mass is 16.4. The van der Waals surface area contributed by atoms with Gasteiger partial charge in [-0.2, -0.15) is 0 Å². The summed E-state index contributed by atoms with van der Waals surface area (Å²) in [4.78, 5) is 32.8. The fourth-order valence-electron chi connectivity index (χ4n) is 1.08. The number of amides is 2. The number of hydrogen-bond donors (Lipinski definition) is 3. The molecule has 0 saturated heterocycles. The second kappa shape index (κ2) is 5.69. The molecule has 92 valence electrons. The minimum atomic E-state index is -1.24. The summed E-state index contributed by atoms with van der Waals surface area (Å²) in [7, 11) is 1.50. The third-order valence-electron chi connectivity index (χ3n) is 1.96. The molecule has 0 aliphatic carbocycles. The maximum atomic E-state index is 11.4. The van der Waals surface area contributed by atoms with E-state index in [-0.39, 0.29) is 30.4 Å². The fraction of sp³-hybridized carbons (Fsp3) is 0.300. The van der Waals surface area contributed by atoms with E-state index in [2.05, 4.69) is 10.6 Å². The van der Waals surface area contributed by atoms with E-state index in [0.29, 0.717) is 0 Å². The van der Waals surface area contributed by atoms with Crippen molar-refractivity contribution in [1.29, 1.82) is 0 Å². The van der Waals surface area contributed by atoms with Gasteiger partial charge in [-0.15, -0.1) is 0 Å². The lowest BCUT2D eigenvalue weighted by Crippen LogP contribution is -2.28. The van der Waals surface area contributed by atoms with E-state index in [1.807, 2.05) is 0 Å². The van der Waals surface area contributed by atoms with Gasteiger partial charge < -0.3 is 20.2 Å². The van der Waals surface area contributed by atoms with E-state index in [0.717, 1.165) is 0 Å². The molecule has 0 bridgehead atoms. The van der Waals surface area contributed by atoms with Gasteiger partial charge in [0.05, 0.1) is 0 Å². The van der Waals surface area contributed by atoms with Crippen molar-refractivity contribution in [2.75, 3.05) is 13.6 Å². The molecule has 0 fully saturated rings. The van der Waals surface area contributed by atoms with E-state index >= 15 is 0 Å². The maximum absolute atomic E-state index is 11.4. The minimum absolute atomic E-state index is 0.0979.